The molecular formula is C39H67N5O28S. The molecule has 0 aromatic carbocycles. The number of aliphatic hydroxyl groups excluding tert-OH is 11. The van der Waals surface area contributed by atoms with Crippen LogP contribution in [0.15, 0.2) is 0 Å². The molecule has 0 saturated carbocycles. The van der Waals surface area contributed by atoms with Gasteiger partial charge in [-0.3, -0.25) is 23.7 Å². The summed E-state index contributed by atoms with van der Waals surface area (Å²) < 4.78 is 89.5. The van der Waals surface area contributed by atoms with Crippen LogP contribution < -0.4 is 26.6 Å². The lowest BCUT2D eigenvalue weighted by molar-refractivity contribution is -0.367. The molecule has 0 bridgehead atoms. The Morgan fingerprint density at radius 3 is 1.05 bits per heavy atom. The van der Waals surface area contributed by atoms with E-state index in [4.69, 9.17) is 42.6 Å². The zero-order chi connectivity index (χ0) is 54.4. The Kier molecular flexibility index (Phi) is 21.9. The minimum atomic E-state index is -5.17. The molecule has 5 saturated heterocycles. The average Bonchev–Trinajstić information content (AvgIpc) is 3.31. The van der Waals surface area contributed by atoms with E-state index in [1.54, 1.807) is 0 Å². The molecule has 0 aromatic heterocycles. The zero-order valence-electron chi connectivity index (χ0n) is 39.8. The van der Waals surface area contributed by atoms with Gasteiger partial charge in [-0.1, -0.05) is 0 Å². The average molecular weight is 1090 g/mol. The smallest absolute Gasteiger partial charge is 0.394 e. The van der Waals surface area contributed by atoms with Crippen LogP contribution in [0.3, 0.4) is 0 Å². The molecule has 422 valence electrons. The van der Waals surface area contributed by atoms with Gasteiger partial charge in [0.2, 0.25) is 23.6 Å². The number of carbonyl (C=O) groups is 4. The van der Waals surface area contributed by atoms with E-state index in [2.05, 4.69) is 30.8 Å². The summed E-state index contributed by atoms with van der Waals surface area (Å²) in [6.07, 6.45) is -35.7. The van der Waals surface area contributed by atoms with Crippen LogP contribution in [0, 0.1) is 0 Å². The van der Waals surface area contributed by atoms with Crippen LogP contribution in [0.25, 0.3) is 0 Å². The highest BCUT2D eigenvalue weighted by Crippen LogP contribution is 2.36. The lowest BCUT2D eigenvalue weighted by atomic mass is 9.93. The number of hydrogen-bond acceptors (Lipinski definition) is 28. The summed E-state index contributed by atoms with van der Waals surface area (Å²) in [6.45, 7) is -0.779. The van der Waals surface area contributed by atoms with Gasteiger partial charge < -0.3 is 125 Å². The fourth-order valence-electron chi connectivity index (χ4n) is 9.12. The van der Waals surface area contributed by atoms with Gasteiger partial charge in [0.05, 0.1) is 39.1 Å². The van der Waals surface area contributed by atoms with Gasteiger partial charge in [0, 0.05) is 27.7 Å². The highest BCUT2D eigenvalue weighted by molar-refractivity contribution is 7.80. The van der Waals surface area contributed by atoms with Crippen molar-refractivity contribution in [2.24, 2.45) is 0 Å². The lowest BCUT2D eigenvalue weighted by Gasteiger charge is -2.51. The van der Waals surface area contributed by atoms with E-state index in [9.17, 15) is 88.3 Å². The predicted octanol–water partition coefficient (Wildman–Crippen LogP) is -11.3. The first-order valence-electron chi connectivity index (χ1n) is 22.8. The molecule has 5 fully saturated rings. The third kappa shape index (κ3) is 14.7. The molecule has 0 radical (unpaired) electrons. The van der Waals surface area contributed by atoms with Gasteiger partial charge in [-0.2, -0.15) is 8.42 Å². The van der Waals surface area contributed by atoms with Crippen LogP contribution in [-0.2, 0) is 76.4 Å². The van der Waals surface area contributed by atoms with Crippen molar-refractivity contribution in [3.8, 4) is 0 Å². The summed E-state index contributed by atoms with van der Waals surface area (Å²) in [7, 11) is -3.78. The Labute approximate surface area is 416 Å². The number of hydrogen-bond donors (Lipinski definition) is 17. The summed E-state index contributed by atoms with van der Waals surface area (Å²) in [5.74, 6) is -3.24. The van der Waals surface area contributed by atoms with Crippen LogP contribution in [0.4, 0.5) is 0 Å². The SMILES string of the molecule is CN[C@H]1[C@H](O[C@H]2[C@H](O)[C@@H](NC(C)=O)[C@H](O[C@H]3[C@H](O)[C@@H](NC(C)=O)[C@H](O[C@H]4[C@H](O)[C@@H](NC(C)=O)[C@H](O[C@H]5[C@H](O)[C@H](NC(C)=O)C(O)O[C@@H]5COS(=O)(=O)O)O[C@@H]4CO)O[C@@H]3CO)O[C@@H]2CO)O[C@H](CO)[C@@H](O)[C@@H]1O. The van der Waals surface area contributed by atoms with Crippen molar-refractivity contribution in [3.05, 3.63) is 0 Å². The molecule has 25 atom stereocenters. The number of amides is 4. The number of ether oxygens (including phenoxy) is 9. The van der Waals surface area contributed by atoms with Crippen LogP contribution in [0.2, 0.25) is 0 Å². The van der Waals surface area contributed by atoms with Crippen LogP contribution >= 0.6 is 0 Å². The van der Waals surface area contributed by atoms with Crippen molar-refractivity contribution in [3.63, 3.8) is 0 Å². The molecule has 1 unspecified atom stereocenters. The third-order valence-corrected chi connectivity index (χ3v) is 12.9. The highest BCUT2D eigenvalue weighted by Gasteiger charge is 2.57. The van der Waals surface area contributed by atoms with Crippen molar-refractivity contribution in [2.75, 3.05) is 40.1 Å². The van der Waals surface area contributed by atoms with Crippen molar-refractivity contribution >= 4 is 34.0 Å². The Bertz CT molecular complexity index is 1950. The molecule has 5 heterocycles. The first-order valence-corrected chi connectivity index (χ1v) is 24.1. The number of aliphatic hydroxyl groups is 11. The largest absolute Gasteiger partial charge is 0.397 e. The van der Waals surface area contributed by atoms with E-state index < -0.39 is 220 Å². The number of rotatable bonds is 20. The maximum Gasteiger partial charge on any atom is 0.397 e. The second-order valence-electron chi connectivity index (χ2n) is 17.7. The van der Waals surface area contributed by atoms with Gasteiger partial charge in [-0.25, -0.2) is 4.18 Å². The Balaban J connectivity index is 1.40. The van der Waals surface area contributed by atoms with Gasteiger partial charge in [-0.15, -0.1) is 0 Å². The van der Waals surface area contributed by atoms with Crippen molar-refractivity contribution < 1.29 is 135 Å². The molecule has 5 aliphatic rings. The van der Waals surface area contributed by atoms with Gasteiger partial charge in [-0.05, 0) is 7.05 Å². The topological polar surface area (TPSA) is 498 Å². The lowest BCUT2D eigenvalue weighted by Crippen LogP contribution is -2.72. The van der Waals surface area contributed by atoms with E-state index in [1.165, 1.54) is 7.05 Å². The van der Waals surface area contributed by atoms with Crippen LogP contribution in [0.5, 0.6) is 0 Å². The normalized spacial score (nSPS) is 43.4. The second-order valence-corrected chi connectivity index (χ2v) is 18.8. The first-order chi connectivity index (χ1) is 34.3. The van der Waals surface area contributed by atoms with E-state index in [-0.39, 0.29) is 0 Å². The molecule has 34 heteroatoms. The summed E-state index contributed by atoms with van der Waals surface area (Å²) in [5.41, 5.74) is 0. The first kappa shape index (κ1) is 60.8. The van der Waals surface area contributed by atoms with Gasteiger partial charge in [0.1, 0.15) is 116 Å². The Hall–Kier alpha value is -3.09. The minimum Gasteiger partial charge on any atom is -0.394 e. The maximum absolute atomic E-state index is 12.7. The van der Waals surface area contributed by atoms with Gasteiger partial charge in [0.15, 0.2) is 31.5 Å². The predicted molar refractivity (Wildman–Crippen MR) is 230 cm³/mol. The number of likely N-dealkylation sites (N-methyl/N-ethyl adjacent to an activating group) is 1. The zero-order valence-corrected chi connectivity index (χ0v) is 40.6. The molecular weight excluding hydrogens is 1020 g/mol. The molecule has 4 amide bonds. The third-order valence-electron chi connectivity index (χ3n) is 12.5. The summed E-state index contributed by atoms with van der Waals surface area (Å²) in [4.78, 5) is 49.7. The van der Waals surface area contributed by atoms with Crippen LogP contribution in [-0.4, -0.2) is 286 Å². The maximum atomic E-state index is 12.7. The summed E-state index contributed by atoms with van der Waals surface area (Å²) >= 11 is 0. The van der Waals surface area contributed by atoms with E-state index in [0.29, 0.717) is 0 Å². The molecule has 5 aliphatic heterocycles. The minimum absolute atomic E-state index is 0.763. The van der Waals surface area contributed by atoms with Crippen molar-refractivity contribution in [2.45, 2.75) is 181 Å². The second kappa shape index (κ2) is 26.3. The van der Waals surface area contributed by atoms with E-state index in [1.807, 2.05) is 0 Å². The van der Waals surface area contributed by atoms with Crippen molar-refractivity contribution in [1.29, 1.82) is 0 Å². The summed E-state index contributed by atoms with van der Waals surface area (Å²) in [5, 5.41) is 132. The molecule has 0 spiro atoms. The molecule has 5 rings (SSSR count). The van der Waals surface area contributed by atoms with Crippen LogP contribution in [0.1, 0.15) is 27.7 Å². The quantitative estimate of drug-likeness (QED) is 0.0503. The molecule has 0 aromatic rings. The molecule has 73 heavy (non-hydrogen) atoms. The number of nitrogens with one attached hydrogen (secondary N) is 5. The Morgan fingerprint density at radius 2 is 0.740 bits per heavy atom. The Morgan fingerprint density at radius 1 is 0.438 bits per heavy atom. The highest BCUT2D eigenvalue weighted by atomic mass is 32.3. The van der Waals surface area contributed by atoms with Gasteiger partial charge >= 0.3 is 10.4 Å². The van der Waals surface area contributed by atoms with E-state index in [0.717, 1.165) is 27.7 Å². The molecule has 0 aliphatic carbocycles. The summed E-state index contributed by atoms with van der Waals surface area (Å²) in [6, 6.07) is -8.01. The fraction of sp³-hybridized carbons (Fsp3) is 0.897. The fourth-order valence-corrected chi connectivity index (χ4v) is 9.43. The van der Waals surface area contributed by atoms with Gasteiger partial charge in [0.25, 0.3) is 0 Å². The monoisotopic (exact) mass is 1090 g/mol. The van der Waals surface area contributed by atoms with Crippen molar-refractivity contribution in [1.82, 2.24) is 26.6 Å². The molecule has 17 N–H and O–H groups in total. The number of carbonyl (C=O) groups excluding carboxylic acids is 4. The standard InChI is InChI=1S/C39H67N5O28S/c1-11(49)41-20-27(55)34(19(64-35(20)59)10-63-73(60,61)62)72-39-24(44-14(4)52)30(58)33(18(9-48)68-39)71-38-23(43-13(3)51)29(57)32(17(8-47)67-38)70-37-22(42-12(2)50)28(56)31(16(7-46)66-37)69-36-21(40-5)26(54)25(53)15(6-45)65-36/h15-40,45-48,53-59H,6-10H2,1-5H3,(H,41,49)(H,42,50)(H,43,51)(H,44,52)(H,60,61,62)/t15-,16-,17-,18-,19-,20+,21-,22-,23-,24-,25-,26-,27-,28-,29-,30-,31-,32-,33-,34-,35?,36+,37+,38+,39+/m1/s1. The van der Waals surface area contributed by atoms with E-state index >= 15 is 0 Å². The molecule has 33 nitrogen and oxygen atoms in total.